The van der Waals surface area contributed by atoms with Gasteiger partial charge in [-0.1, -0.05) is 12.1 Å². The number of benzene rings is 1. The first-order chi connectivity index (χ1) is 12.8. The van der Waals surface area contributed by atoms with Gasteiger partial charge in [-0.3, -0.25) is 4.79 Å². The van der Waals surface area contributed by atoms with Crippen molar-refractivity contribution < 1.29 is 9.18 Å². The molecule has 5 N–H and O–H groups in total. The minimum atomic E-state index is -0.399. The minimum Gasteiger partial charge on any atom is -0.384 e. The molecule has 4 rings (SSSR count). The summed E-state index contributed by atoms with van der Waals surface area (Å²) in [5, 5.41) is 6.10. The number of nitrogens with one attached hydrogen (secondary N) is 3. The summed E-state index contributed by atoms with van der Waals surface area (Å²) in [4.78, 5) is 20.2. The number of halogens is 1. The molecule has 1 aliphatic heterocycles. The molecule has 138 valence electrons. The lowest BCUT2D eigenvalue weighted by molar-refractivity contribution is 0.0897. The molecule has 1 aromatic carbocycles. The molecule has 0 unspecified atom stereocenters. The second-order valence-corrected chi connectivity index (χ2v) is 7.32. The topological polar surface area (TPSA) is 95.8 Å². The standard InChI is InChI=1S/C20H20FN5O/c1-20(2)10-14-16(19(27)26-20)18(24-13-6-4-3-5-12(13)21)17(25-14)11-7-8-23-15(22)9-11/h3-9,24-25H,10H2,1-2H3,(H2,22,23)(H,26,27). The number of hydrogen-bond donors (Lipinski definition) is 4. The van der Waals surface area contributed by atoms with Gasteiger partial charge in [0, 0.05) is 29.4 Å². The van der Waals surface area contributed by atoms with Crippen molar-refractivity contribution in [1.29, 1.82) is 0 Å². The summed E-state index contributed by atoms with van der Waals surface area (Å²) in [6, 6.07) is 9.86. The SMILES string of the molecule is CC1(C)Cc2[nH]c(-c3ccnc(N)c3)c(Nc3ccccc3F)c2C(=O)N1. The van der Waals surface area contributed by atoms with E-state index in [2.05, 4.69) is 20.6 Å². The maximum absolute atomic E-state index is 14.2. The summed E-state index contributed by atoms with van der Waals surface area (Å²) in [7, 11) is 0. The van der Waals surface area contributed by atoms with Crippen LogP contribution in [0.2, 0.25) is 0 Å². The third kappa shape index (κ3) is 3.12. The number of anilines is 3. The highest BCUT2D eigenvalue weighted by Gasteiger charge is 2.35. The Bertz CT molecular complexity index is 1040. The molecule has 0 saturated carbocycles. The van der Waals surface area contributed by atoms with Crippen molar-refractivity contribution in [3.05, 3.63) is 59.7 Å². The number of aromatic amines is 1. The molecule has 3 heterocycles. The van der Waals surface area contributed by atoms with E-state index in [1.54, 1.807) is 36.5 Å². The zero-order valence-electron chi connectivity index (χ0n) is 15.1. The molecule has 6 nitrogen and oxygen atoms in total. The smallest absolute Gasteiger partial charge is 0.255 e. The van der Waals surface area contributed by atoms with Crippen LogP contribution in [-0.4, -0.2) is 21.4 Å². The number of pyridine rings is 1. The predicted molar refractivity (Wildman–Crippen MR) is 103 cm³/mol. The van der Waals surface area contributed by atoms with Crippen LogP contribution in [0.5, 0.6) is 0 Å². The molecule has 0 saturated heterocycles. The van der Waals surface area contributed by atoms with Gasteiger partial charge in [0.1, 0.15) is 11.6 Å². The third-order valence-corrected chi connectivity index (χ3v) is 4.58. The summed E-state index contributed by atoms with van der Waals surface area (Å²) in [5.41, 5.74) is 8.99. The van der Waals surface area contributed by atoms with Gasteiger partial charge in [0.25, 0.3) is 5.91 Å². The highest BCUT2D eigenvalue weighted by Crippen LogP contribution is 2.39. The fourth-order valence-corrected chi connectivity index (χ4v) is 3.43. The van der Waals surface area contributed by atoms with Crippen LogP contribution in [0.4, 0.5) is 21.6 Å². The zero-order chi connectivity index (χ0) is 19.2. The van der Waals surface area contributed by atoms with E-state index in [0.29, 0.717) is 34.9 Å². The van der Waals surface area contributed by atoms with E-state index in [0.717, 1.165) is 11.3 Å². The summed E-state index contributed by atoms with van der Waals surface area (Å²) in [6.07, 6.45) is 2.22. The third-order valence-electron chi connectivity index (χ3n) is 4.58. The number of carbonyl (C=O) groups excluding carboxylic acids is 1. The second-order valence-electron chi connectivity index (χ2n) is 7.32. The molecule has 0 aliphatic carbocycles. The summed E-state index contributed by atoms with van der Waals surface area (Å²) in [5.74, 6) is -0.240. The molecule has 0 bridgehead atoms. The fourth-order valence-electron chi connectivity index (χ4n) is 3.43. The van der Waals surface area contributed by atoms with E-state index >= 15 is 0 Å². The van der Waals surface area contributed by atoms with Crippen molar-refractivity contribution in [3.63, 3.8) is 0 Å². The second kappa shape index (κ2) is 6.12. The van der Waals surface area contributed by atoms with Crippen molar-refractivity contribution in [1.82, 2.24) is 15.3 Å². The Hall–Kier alpha value is -3.35. The molecule has 0 atom stereocenters. The van der Waals surface area contributed by atoms with Gasteiger partial charge in [-0.2, -0.15) is 0 Å². The van der Waals surface area contributed by atoms with Crippen LogP contribution < -0.4 is 16.4 Å². The van der Waals surface area contributed by atoms with Gasteiger partial charge in [0.2, 0.25) is 0 Å². The summed E-state index contributed by atoms with van der Waals surface area (Å²) >= 11 is 0. The average molecular weight is 365 g/mol. The number of rotatable bonds is 3. The highest BCUT2D eigenvalue weighted by molar-refractivity contribution is 6.06. The van der Waals surface area contributed by atoms with Gasteiger partial charge in [-0.25, -0.2) is 9.37 Å². The van der Waals surface area contributed by atoms with E-state index < -0.39 is 5.82 Å². The van der Waals surface area contributed by atoms with Crippen molar-refractivity contribution in [2.75, 3.05) is 11.1 Å². The van der Waals surface area contributed by atoms with Gasteiger partial charge in [-0.15, -0.1) is 0 Å². The average Bonchev–Trinajstić information content (AvgIpc) is 2.94. The lowest BCUT2D eigenvalue weighted by Gasteiger charge is -2.30. The largest absolute Gasteiger partial charge is 0.384 e. The molecule has 0 fully saturated rings. The molecular weight excluding hydrogens is 345 g/mol. The van der Waals surface area contributed by atoms with Gasteiger partial charge in [0.05, 0.1) is 22.6 Å². The van der Waals surface area contributed by atoms with Crippen LogP contribution in [-0.2, 0) is 6.42 Å². The first-order valence-electron chi connectivity index (χ1n) is 8.65. The Morgan fingerprint density at radius 1 is 1.26 bits per heavy atom. The van der Waals surface area contributed by atoms with Crippen LogP contribution >= 0.6 is 0 Å². The number of nitrogen functional groups attached to an aromatic ring is 1. The Morgan fingerprint density at radius 2 is 2.04 bits per heavy atom. The molecule has 1 amide bonds. The van der Waals surface area contributed by atoms with E-state index in [4.69, 9.17) is 5.73 Å². The Morgan fingerprint density at radius 3 is 2.78 bits per heavy atom. The molecule has 2 aromatic heterocycles. The number of H-pyrrole nitrogens is 1. The van der Waals surface area contributed by atoms with Crippen LogP contribution in [0.1, 0.15) is 29.9 Å². The number of carbonyl (C=O) groups is 1. The maximum atomic E-state index is 14.2. The summed E-state index contributed by atoms with van der Waals surface area (Å²) < 4.78 is 14.2. The fraction of sp³-hybridized carbons (Fsp3) is 0.200. The molecule has 0 spiro atoms. The van der Waals surface area contributed by atoms with Crippen LogP contribution in [0.25, 0.3) is 11.3 Å². The van der Waals surface area contributed by atoms with Gasteiger partial charge in [0.15, 0.2) is 0 Å². The van der Waals surface area contributed by atoms with E-state index in [-0.39, 0.29) is 11.4 Å². The maximum Gasteiger partial charge on any atom is 0.255 e. The van der Waals surface area contributed by atoms with Crippen molar-refractivity contribution >= 4 is 23.1 Å². The Kier molecular flexibility index (Phi) is 3.87. The molecule has 1 aliphatic rings. The Balaban J connectivity index is 1.91. The number of amides is 1. The monoisotopic (exact) mass is 365 g/mol. The van der Waals surface area contributed by atoms with Crippen molar-refractivity contribution in [3.8, 4) is 11.3 Å². The summed E-state index contributed by atoms with van der Waals surface area (Å²) in [6.45, 7) is 3.92. The van der Waals surface area contributed by atoms with Gasteiger partial charge >= 0.3 is 0 Å². The number of nitrogens with zero attached hydrogens (tertiary/aromatic N) is 1. The van der Waals surface area contributed by atoms with E-state index in [9.17, 15) is 9.18 Å². The lowest BCUT2D eigenvalue weighted by Crippen LogP contribution is -2.49. The number of nitrogens with two attached hydrogens (primary N) is 1. The molecule has 3 aromatic rings. The molecule has 7 heteroatoms. The quantitative estimate of drug-likeness (QED) is 0.570. The number of para-hydroxylation sites is 1. The first-order valence-corrected chi connectivity index (χ1v) is 8.65. The van der Waals surface area contributed by atoms with Crippen LogP contribution in [0, 0.1) is 5.82 Å². The number of fused-ring (bicyclic) bond motifs is 1. The van der Waals surface area contributed by atoms with Gasteiger partial charge in [-0.05, 0) is 38.1 Å². The zero-order valence-corrected chi connectivity index (χ0v) is 15.1. The van der Waals surface area contributed by atoms with E-state index in [1.807, 2.05) is 13.8 Å². The highest BCUT2D eigenvalue weighted by atomic mass is 19.1. The number of aromatic nitrogens is 2. The van der Waals surface area contributed by atoms with Crippen LogP contribution in [0.15, 0.2) is 42.6 Å². The van der Waals surface area contributed by atoms with Crippen LogP contribution in [0.3, 0.4) is 0 Å². The van der Waals surface area contributed by atoms with Crippen molar-refractivity contribution in [2.24, 2.45) is 0 Å². The van der Waals surface area contributed by atoms with Crippen molar-refractivity contribution in [2.45, 2.75) is 25.8 Å². The molecular formula is C20H20FN5O. The Labute approximate surface area is 156 Å². The number of hydrogen-bond acceptors (Lipinski definition) is 4. The molecule has 27 heavy (non-hydrogen) atoms. The van der Waals surface area contributed by atoms with Gasteiger partial charge < -0.3 is 21.4 Å². The van der Waals surface area contributed by atoms with E-state index in [1.165, 1.54) is 6.07 Å². The predicted octanol–water partition coefficient (Wildman–Crippen LogP) is 3.61. The molecule has 0 radical (unpaired) electrons. The normalized spacial score (nSPS) is 15.1. The minimum absolute atomic E-state index is 0.204. The first kappa shape index (κ1) is 17.1. The lowest BCUT2D eigenvalue weighted by atomic mass is 9.91.